The maximum atomic E-state index is 12.5. The van der Waals surface area contributed by atoms with E-state index in [1.54, 1.807) is 4.90 Å². The van der Waals surface area contributed by atoms with Crippen molar-refractivity contribution in [3.8, 4) is 23.2 Å². The van der Waals surface area contributed by atoms with Gasteiger partial charge in [-0.15, -0.1) is 0 Å². The van der Waals surface area contributed by atoms with E-state index >= 15 is 0 Å². The molecule has 2 aliphatic heterocycles. The molecule has 2 aromatic carbocycles. The van der Waals surface area contributed by atoms with Gasteiger partial charge in [-0.25, -0.2) is 0 Å². The molecule has 0 saturated carbocycles. The molecule has 8 heteroatoms. The van der Waals surface area contributed by atoms with Gasteiger partial charge in [-0.2, -0.15) is 15.2 Å². The molecular formula is C33H38N6O2. The van der Waals surface area contributed by atoms with E-state index in [0.29, 0.717) is 44.2 Å². The van der Waals surface area contributed by atoms with Gasteiger partial charge in [0.25, 0.3) is 0 Å². The number of ether oxygens (including phenoxy) is 1. The fourth-order valence-corrected chi connectivity index (χ4v) is 6.79. The standard InChI is InChI=1S/C33H38N6O2/c1-4-31(40)39-16-15-38(20-25(39)12-13-34)32-28-11-10-24(27-9-5-7-23-17-22(2)18-29(23)27)19-30(28)35-33(36-32)41-21-26-8-6-14-37(26)3/h4-5,7,9-11,19,22,25-26H,1,6,8,12,14-18,20-21H2,2-3H3/t22?,25-,26-/m0/s1. The van der Waals surface area contributed by atoms with E-state index in [1.807, 2.05) is 0 Å². The first kappa shape index (κ1) is 27.2. The number of anilines is 1. The number of rotatable bonds is 7. The Hall–Kier alpha value is -3.96. The fourth-order valence-electron chi connectivity index (χ4n) is 6.79. The number of carbonyl (C=O) groups excluding carboxylic acids is 1. The van der Waals surface area contributed by atoms with Crippen LogP contribution in [0.5, 0.6) is 6.01 Å². The number of aromatic nitrogens is 2. The van der Waals surface area contributed by atoms with E-state index in [1.165, 1.54) is 29.2 Å². The topological polar surface area (TPSA) is 85.6 Å². The summed E-state index contributed by atoms with van der Waals surface area (Å²) in [5.41, 5.74) is 6.15. The molecule has 3 heterocycles. The van der Waals surface area contributed by atoms with Crippen molar-refractivity contribution in [2.45, 2.75) is 51.1 Å². The van der Waals surface area contributed by atoms with Crippen molar-refractivity contribution < 1.29 is 9.53 Å². The summed E-state index contributed by atoms with van der Waals surface area (Å²) >= 11 is 0. The lowest BCUT2D eigenvalue weighted by Crippen LogP contribution is -2.55. The second-order valence-corrected chi connectivity index (χ2v) is 11.8. The zero-order valence-corrected chi connectivity index (χ0v) is 24.1. The number of fused-ring (bicyclic) bond motifs is 2. The predicted molar refractivity (Wildman–Crippen MR) is 161 cm³/mol. The number of hydrogen-bond acceptors (Lipinski definition) is 7. The zero-order valence-electron chi connectivity index (χ0n) is 24.1. The van der Waals surface area contributed by atoms with E-state index in [2.05, 4.69) is 72.8 Å². The molecule has 0 N–H and O–H groups in total. The molecule has 0 radical (unpaired) electrons. The Morgan fingerprint density at radius 3 is 2.83 bits per heavy atom. The fraction of sp³-hybridized carbons (Fsp3) is 0.455. The van der Waals surface area contributed by atoms with Crippen LogP contribution in [0.2, 0.25) is 0 Å². The molecule has 2 saturated heterocycles. The van der Waals surface area contributed by atoms with Gasteiger partial charge in [-0.05, 0) is 85.7 Å². The predicted octanol–water partition coefficient (Wildman–Crippen LogP) is 4.62. The maximum absolute atomic E-state index is 12.5. The Morgan fingerprint density at radius 2 is 2.05 bits per heavy atom. The summed E-state index contributed by atoms with van der Waals surface area (Å²) in [5.74, 6) is 1.30. The Morgan fingerprint density at radius 1 is 1.17 bits per heavy atom. The summed E-state index contributed by atoms with van der Waals surface area (Å²) in [5, 5.41) is 10.4. The number of amides is 1. The van der Waals surface area contributed by atoms with E-state index < -0.39 is 0 Å². The van der Waals surface area contributed by atoms with Gasteiger partial charge in [-0.3, -0.25) is 4.79 Å². The lowest BCUT2D eigenvalue weighted by molar-refractivity contribution is -0.128. The molecule has 1 aromatic heterocycles. The van der Waals surface area contributed by atoms with E-state index in [0.717, 1.165) is 48.1 Å². The van der Waals surface area contributed by atoms with Gasteiger partial charge in [0.1, 0.15) is 12.4 Å². The molecule has 3 aromatic rings. The Labute approximate surface area is 242 Å². The lowest BCUT2D eigenvalue weighted by Gasteiger charge is -2.41. The summed E-state index contributed by atoms with van der Waals surface area (Å²) in [4.78, 5) is 28.6. The molecular weight excluding hydrogens is 512 g/mol. The van der Waals surface area contributed by atoms with Gasteiger partial charge in [0.05, 0.1) is 24.0 Å². The molecule has 1 unspecified atom stereocenters. The SMILES string of the molecule is C=CC(=O)N1CCN(c2nc(OC[C@@H]3CCCN3C)nc3cc(-c4cccc5c4CC(C)C5)ccc23)C[C@@H]1CC#N. The van der Waals surface area contributed by atoms with Crippen LogP contribution < -0.4 is 9.64 Å². The first-order valence-electron chi connectivity index (χ1n) is 14.8. The Bertz CT molecular complexity index is 1510. The minimum Gasteiger partial charge on any atom is -0.462 e. The van der Waals surface area contributed by atoms with Crippen LogP contribution in [0.3, 0.4) is 0 Å². The van der Waals surface area contributed by atoms with Crippen LogP contribution >= 0.6 is 0 Å². The van der Waals surface area contributed by atoms with Crippen molar-refractivity contribution in [3.05, 3.63) is 60.2 Å². The number of carbonyl (C=O) groups is 1. The van der Waals surface area contributed by atoms with Gasteiger partial charge >= 0.3 is 6.01 Å². The summed E-state index contributed by atoms with van der Waals surface area (Å²) < 4.78 is 6.26. The molecule has 212 valence electrons. The van der Waals surface area contributed by atoms with Crippen LogP contribution in [0.1, 0.15) is 37.3 Å². The van der Waals surface area contributed by atoms with Crippen LogP contribution in [0, 0.1) is 17.2 Å². The molecule has 0 spiro atoms. The number of likely N-dealkylation sites (N-methyl/N-ethyl adjacent to an activating group) is 1. The van der Waals surface area contributed by atoms with Crippen molar-refractivity contribution in [1.29, 1.82) is 5.26 Å². The molecule has 0 bridgehead atoms. The molecule has 8 nitrogen and oxygen atoms in total. The summed E-state index contributed by atoms with van der Waals surface area (Å²) in [6.45, 7) is 9.20. The number of nitriles is 1. The molecule has 1 aliphatic carbocycles. The number of benzene rings is 2. The van der Waals surface area contributed by atoms with Crippen molar-refractivity contribution in [3.63, 3.8) is 0 Å². The molecule has 1 amide bonds. The second-order valence-electron chi connectivity index (χ2n) is 11.8. The van der Waals surface area contributed by atoms with Crippen LogP contribution in [-0.4, -0.2) is 77.6 Å². The minimum absolute atomic E-state index is 0.142. The third-order valence-electron chi connectivity index (χ3n) is 9.00. The van der Waals surface area contributed by atoms with Crippen LogP contribution in [-0.2, 0) is 17.6 Å². The average molecular weight is 551 g/mol. The lowest BCUT2D eigenvalue weighted by atomic mass is 9.96. The maximum Gasteiger partial charge on any atom is 0.319 e. The van der Waals surface area contributed by atoms with Gasteiger partial charge in [-0.1, -0.05) is 37.8 Å². The number of piperazine rings is 1. The normalized spacial score (nSPS) is 22.5. The van der Waals surface area contributed by atoms with Gasteiger partial charge in [0, 0.05) is 31.1 Å². The van der Waals surface area contributed by atoms with E-state index in [-0.39, 0.29) is 18.4 Å². The minimum atomic E-state index is -0.242. The highest BCUT2D eigenvalue weighted by atomic mass is 16.5. The van der Waals surface area contributed by atoms with Crippen molar-refractivity contribution in [2.24, 2.45) is 5.92 Å². The first-order valence-corrected chi connectivity index (χ1v) is 14.8. The van der Waals surface area contributed by atoms with Gasteiger partial charge < -0.3 is 19.4 Å². The molecule has 3 atom stereocenters. The van der Waals surface area contributed by atoms with Gasteiger partial charge in [0.15, 0.2) is 0 Å². The highest BCUT2D eigenvalue weighted by molar-refractivity contribution is 5.93. The molecule has 41 heavy (non-hydrogen) atoms. The van der Waals surface area contributed by atoms with Crippen LogP contribution in [0.15, 0.2) is 49.1 Å². The monoisotopic (exact) mass is 550 g/mol. The molecule has 6 rings (SSSR count). The molecule has 2 fully saturated rings. The van der Waals surface area contributed by atoms with Crippen molar-refractivity contribution in [1.82, 2.24) is 19.8 Å². The number of likely N-dealkylation sites (tertiary alicyclic amines) is 1. The van der Waals surface area contributed by atoms with Crippen LogP contribution in [0.25, 0.3) is 22.0 Å². The highest BCUT2D eigenvalue weighted by Crippen LogP contribution is 2.37. The Balaban J connectivity index is 1.38. The van der Waals surface area contributed by atoms with Crippen molar-refractivity contribution in [2.75, 3.05) is 44.7 Å². The number of hydrogen-bond donors (Lipinski definition) is 0. The summed E-state index contributed by atoms with van der Waals surface area (Å²) in [6.07, 6.45) is 6.07. The average Bonchev–Trinajstić information content (AvgIpc) is 3.58. The largest absolute Gasteiger partial charge is 0.462 e. The van der Waals surface area contributed by atoms with Crippen LogP contribution in [0.4, 0.5) is 5.82 Å². The van der Waals surface area contributed by atoms with E-state index in [9.17, 15) is 10.1 Å². The smallest absolute Gasteiger partial charge is 0.319 e. The third kappa shape index (κ3) is 5.39. The van der Waals surface area contributed by atoms with Gasteiger partial charge in [0.2, 0.25) is 5.91 Å². The number of nitrogens with zero attached hydrogens (tertiary/aromatic N) is 6. The summed E-state index contributed by atoms with van der Waals surface area (Å²) in [6, 6.07) is 15.8. The third-order valence-corrected chi connectivity index (χ3v) is 9.00. The van der Waals surface area contributed by atoms with Crippen molar-refractivity contribution >= 4 is 22.6 Å². The van der Waals surface area contributed by atoms with E-state index in [4.69, 9.17) is 14.7 Å². The summed E-state index contributed by atoms with van der Waals surface area (Å²) in [7, 11) is 2.14. The Kier molecular flexibility index (Phi) is 7.63. The quantitative estimate of drug-likeness (QED) is 0.397. The first-order chi connectivity index (χ1) is 19.9. The second kappa shape index (κ2) is 11.5. The molecule has 3 aliphatic rings. The zero-order chi connectivity index (χ0) is 28.5. The highest BCUT2D eigenvalue weighted by Gasteiger charge is 2.31.